The molecule has 1 aliphatic carbocycles. The van der Waals surface area contributed by atoms with E-state index in [0.717, 1.165) is 39.3 Å². The summed E-state index contributed by atoms with van der Waals surface area (Å²) in [6, 6.07) is 22.9. The van der Waals surface area contributed by atoms with Crippen molar-refractivity contribution in [3.8, 4) is 5.75 Å². The van der Waals surface area contributed by atoms with Crippen molar-refractivity contribution < 1.29 is 24.5 Å². The average Bonchev–Trinajstić information content (AvgIpc) is 3.38. The van der Waals surface area contributed by atoms with E-state index in [9.17, 15) is 9.90 Å². The number of halogens is 2. The third kappa shape index (κ3) is 6.91. The molecule has 0 bridgehead atoms. The highest BCUT2D eigenvalue weighted by Gasteiger charge is 2.54. The van der Waals surface area contributed by atoms with Crippen LogP contribution in [0.5, 0.6) is 5.75 Å². The van der Waals surface area contributed by atoms with Crippen molar-refractivity contribution in [2.45, 2.75) is 62.2 Å². The van der Waals surface area contributed by atoms with Crippen LogP contribution in [0.4, 0.5) is 0 Å². The molecule has 2 aliphatic rings. The molecule has 1 aliphatic heterocycles. The number of nitrogens with zero attached hydrogens (tertiary/aromatic N) is 1. The first kappa shape index (κ1) is 30.7. The number of aliphatic imine (C=N–C) groups is 1. The summed E-state index contributed by atoms with van der Waals surface area (Å²) in [5, 5.41) is 23.4. The van der Waals surface area contributed by atoms with Gasteiger partial charge in [0.25, 0.3) is 5.91 Å². The molecule has 0 saturated heterocycles. The zero-order valence-electron chi connectivity index (χ0n) is 23.4. The minimum atomic E-state index is -1.36. The van der Waals surface area contributed by atoms with Crippen LogP contribution in [0.1, 0.15) is 61.3 Å². The van der Waals surface area contributed by atoms with Crippen molar-refractivity contribution in [1.29, 1.82) is 0 Å². The van der Waals surface area contributed by atoms with E-state index in [4.69, 9.17) is 19.6 Å². The van der Waals surface area contributed by atoms with Crippen LogP contribution in [0.2, 0.25) is 0 Å². The highest BCUT2D eigenvalue weighted by molar-refractivity contribution is 9.10. The Kier molecular flexibility index (Phi) is 10.0. The van der Waals surface area contributed by atoms with Gasteiger partial charge in [-0.3, -0.25) is 4.79 Å². The van der Waals surface area contributed by atoms with Crippen LogP contribution < -0.4 is 10.1 Å². The Morgan fingerprint density at radius 2 is 1.67 bits per heavy atom. The molecule has 42 heavy (non-hydrogen) atoms. The summed E-state index contributed by atoms with van der Waals surface area (Å²) < 4.78 is 14.0. The number of aliphatic hydroxyl groups is 2. The first-order valence-electron chi connectivity index (χ1n) is 14.4. The van der Waals surface area contributed by atoms with Gasteiger partial charge >= 0.3 is 0 Å². The summed E-state index contributed by atoms with van der Waals surface area (Å²) in [7, 11) is 0. The van der Waals surface area contributed by atoms with Crippen molar-refractivity contribution >= 4 is 43.7 Å². The second kappa shape index (κ2) is 13.7. The molecule has 2 atom stereocenters. The summed E-state index contributed by atoms with van der Waals surface area (Å²) in [5.74, 6) is 0.735. The summed E-state index contributed by atoms with van der Waals surface area (Å²) in [6.45, 7) is 0.647. The van der Waals surface area contributed by atoms with Gasteiger partial charge in [0.2, 0.25) is 5.90 Å². The lowest BCUT2D eigenvalue weighted by Gasteiger charge is -2.35. The van der Waals surface area contributed by atoms with Gasteiger partial charge in [-0.2, -0.15) is 0 Å². The SMILES string of the molecule is O=C(NCC1(O)CCCCC1)[C@]1(Cc2ccccc2Br)N=C(c2ccc(OCCCO)cc2)O[C@@H]1c1ccccc1Br. The van der Waals surface area contributed by atoms with Gasteiger partial charge in [-0.05, 0) is 54.8 Å². The molecule has 3 aromatic carbocycles. The molecule has 1 fully saturated rings. The number of hydrogen-bond acceptors (Lipinski definition) is 6. The van der Waals surface area contributed by atoms with Gasteiger partial charge in [-0.15, -0.1) is 0 Å². The largest absolute Gasteiger partial charge is 0.494 e. The highest BCUT2D eigenvalue weighted by atomic mass is 79.9. The van der Waals surface area contributed by atoms with Gasteiger partial charge in [0.1, 0.15) is 5.75 Å². The number of aliphatic hydroxyl groups excluding tert-OH is 1. The number of rotatable bonds is 11. The number of hydrogen-bond donors (Lipinski definition) is 3. The Morgan fingerprint density at radius 1 is 0.976 bits per heavy atom. The molecule has 1 amide bonds. The number of amides is 1. The fourth-order valence-corrected chi connectivity index (χ4v) is 6.58. The van der Waals surface area contributed by atoms with Crippen LogP contribution in [0.15, 0.2) is 86.7 Å². The predicted molar refractivity (Wildman–Crippen MR) is 170 cm³/mol. The Labute approximate surface area is 263 Å². The molecule has 1 heterocycles. The molecular weight excluding hydrogens is 664 g/mol. The average molecular weight is 700 g/mol. The van der Waals surface area contributed by atoms with Crippen LogP contribution in [-0.4, -0.2) is 52.9 Å². The van der Waals surface area contributed by atoms with Crippen molar-refractivity contribution in [2.24, 2.45) is 4.99 Å². The maximum Gasteiger partial charge on any atom is 0.252 e. The Hall–Kier alpha value is -2.72. The normalized spacial score (nSPS) is 21.3. The Bertz CT molecular complexity index is 1410. The Morgan fingerprint density at radius 3 is 2.36 bits per heavy atom. The molecular formula is C33H36Br2N2O5. The standard InChI is InChI=1S/C33H36Br2N2O5/c34-27-11-4-2-9-24(27)21-33(31(39)36-22-32(40)17-6-1-7-18-32)29(26-10-3-5-12-28(26)35)42-30(37-33)23-13-15-25(16-14-23)41-20-8-19-38/h2-5,9-16,29,38,40H,1,6-8,17-22H2,(H,36,39)/t29-,33-/m1/s1. The highest BCUT2D eigenvalue weighted by Crippen LogP contribution is 2.45. The topological polar surface area (TPSA) is 100 Å². The summed E-state index contributed by atoms with van der Waals surface area (Å²) >= 11 is 7.36. The molecule has 3 N–H and O–H groups in total. The van der Waals surface area contributed by atoms with Crippen LogP contribution in [-0.2, 0) is 16.0 Å². The first-order chi connectivity index (χ1) is 20.3. The summed E-state index contributed by atoms with van der Waals surface area (Å²) in [5.41, 5.74) is 0.156. The minimum Gasteiger partial charge on any atom is -0.494 e. The third-order valence-corrected chi connectivity index (χ3v) is 9.49. The number of carbonyl (C=O) groups excluding carboxylic acids is 1. The molecule has 7 nitrogen and oxygen atoms in total. The molecule has 3 aromatic rings. The maximum absolute atomic E-state index is 14.5. The fourth-order valence-electron chi connectivity index (χ4n) is 5.66. The Balaban J connectivity index is 1.55. The van der Waals surface area contributed by atoms with Crippen LogP contribution in [0, 0.1) is 0 Å². The number of ether oxygens (including phenoxy) is 2. The van der Waals surface area contributed by atoms with Gasteiger partial charge in [0.15, 0.2) is 11.6 Å². The van der Waals surface area contributed by atoms with Gasteiger partial charge < -0.3 is 25.0 Å². The quantitative estimate of drug-likeness (QED) is 0.205. The molecule has 0 spiro atoms. The molecule has 5 rings (SSSR count). The van der Waals surface area contributed by atoms with E-state index in [-0.39, 0.29) is 25.5 Å². The number of nitrogens with one attached hydrogen (secondary N) is 1. The zero-order valence-corrected chi connectivity index (χ0v) is 26.6. The molecule has 0 radical (unpaired) electrons. The second-order valence-corrected chi connectivity index (χ2v) is 12.8. The van der Waals surface area contributed by atoms with Gasteiger partial charge in [-0.25, -0.2) is 4.99 Å². The minimum absolute atomic E-state index is 0.0677. The lowest BCUT2D eigenvalue weighted by Crippen LogP contribution is -2.54. The van der Waals surface area contributed by atoms with E-state index in [2.05, 4.69) is 37.2 Å². The van der Waals surface area contributed by atoms with E-state index < -0.39 is 17.2 Å². The maximum atomic E-state index is 14.5. The van der Waals surface area contributed by atoms with Gasteiger partial charge in [0.05, 0.1) is 12.2 Å². The molecule has 1 saturated carbocycles. The zero-order chi connectivity index (χ0) is 29.6. The first-order valence-corrected chi connectivity index (χ1v) is 16.0. The summed E-state index contributed by atoms with van der Waals surface area (Å²) in [6.07, 6.45) is 4.39. The van der Waals surface area contributed by atoms with Crippen LogP contribution in [0.3, 0.4) is 0 Å². The monoisotopic (exact) mass is 698 g/mol. The van der Waals surface area contributed by atoms with Crippen LogP contribution >= 0.6 is 31.9 Å². The van der Waals surface area contributed by atoms with Crippen molar-refractivity contribution in [2.75, 3.05) is 19.8 Å². The van der Waals surface area contributed by atoms with Gasteiger partial charge in [0, 0.05) is 46.1 Å². The lowest BCUT2D eigenvalue weighted by molar-refractivity contribution is -0.130. The van der Waals surface area contributed by atoms with E-state index >= 15 is 0 Å². The smallest absolute Gasteiger partial charge is 0.252 e. The van der Waals surface area contributed by atoms with E-state index in [0.29, 0.717) is 43.1 Å². The van der Waals surface area contributed by atoms with E-state index in [1.54, 1.807) is 0 Å². The van der Waals surface area contributed by atoms with Crippen LogP contribution in [0.25, 0.3) is 0 Å². The molecule has 0 aromatic heterocycles. The van der Waals surface area contributed by atoms with Crippen molar-refractivity contribution in [3.63, 3.8) is 0 Å². The lowest BCUT2D eigenvalue weighted by atomic mass is 9.81. The second-order valence-electron chi connectivity index (χ2n) is 11.0. The predicted octanol–water partition coefficient (Wildman–Crippen LogP) is 6.28. The van der Waals surface area contributed by atoms with Crippen molar-refractivity contribution in [1.82, 2.24) is 5.32 Å². The molecule has 222 valence electrons. The van der Waals surface area contributed by atoms with Gasteiger partial charge in [-0.1, -0.05) is 87.5 Å². The van der Waals surface area contributed by atoms with Crippen molar-refractivity contribution in [3.05, 3.63) is 98.4 Å². The fraction of sp³-hybridized carbons (Fsp3) is 0.394. The number of carbonyl (C=O) groups is 1. The molecule has 9 heteroatoms. The summed E-state index contributed by atoms with van der Waals surface area (Å²) in [4.78, 5) is 19.6. The molecule has 0 unspecified atom stereocenters. The van der Waals surface area contributed by atoms with E-state index in [1.165, 1.54) is 0 Å². The third-order valence-electron chi connectivity index (χ3n) is 8.00. The van der Waals surface area contributed by atoms with E-state index in [1.807, 2.05) is 72.8 Å². The number of benzene rings is 3.